The van der Waals surface area contributed by atoms with Crippen molar-refractivity contribution in [1.82, 2.24) is 19.9 Å². The number of amides is 1. The highest BCUT2D eigenvalue weighted by atomic mass is 16.5. The minimum Gasteiger partial charge on any atom is -0.496 e. The van der Waals surface area contributed by atoms with Crippen LogP contribution >= 0.6 is 0 Å². The Bertz CT molecular complexity index is 1020. The number of aromatic nitrogens is 2. The van der Waals surface area contributed by atoms with Gasteiger partial charge in [0.15, 0.2) is 0 Å². The Hall–Kier alpha value is -3.19. The maximum atomic E-state index is 12.7. The minimum atomic E-state index is 0.156. The Morgan fingerprint density at radius 3 is 2.56 bits per heavy atom. The highest BCUT2D eigenvalue weighted by Gasteiger charge is 2.22. The van der Waals surface area contributed by atoms with E-state index in [0.717, 1.165) is 62.4 Å². The van der Waals surface area contributed by atoms with Gasteiger partial charge in [-0.3, -0.25) is 9.69 Å². The summed E-state index contributed by atoms with van der Waals surface area (Å²) in [6, 6.07) is 15.8. The summed E-state index contributed by atoms with van der Waals surface area (Å²) in [7, 11) is 1.64. The van der Waals surface area contributed by atoms with E-state index in [0.29, 0.717) is 18.1 Å². The molecule has 1 aliphatic rings. The molecule has 7 heteroatoms. The summed E-state index contributed by atoms with van der Waals surface area (Å²) in [6.07, 6.45) is 2.08. The predicted octanol–water partition coefficient (Wildman–Crippen LogP) is 3.37. The molecular weight excluding hydrogens is 404 g/mol. The molecular formula is C25H30N4O3. The summed E-state index contributed by atoms with van der Waals surface area (Å²) in [5.74, 6) is 2.24. The number of piperazine rings is 1. The Balaban J connectivity index is 1.19. The molecule has 0 aliphatic carbocycles. The van der Waals surface area contributed by atoms with E-state index >= 15 is 0 Å². The second-order valence-corrected chi connectivity index (χ2v) is 8.19. The van der Waals surface area contributed by atoms with Crippen molar-refractivity contribution in [3.05, 3.63) is 65.5 Å². The van der Waals surface area contributed by atoms with Gasteiger partial charge in [-0.25, -0.2) is 0 Å². The largest absolute Gasteiger partial charge is 0.496 e. The Kier molecular flexibility index (Phi) is 7.17. The van der Waals surface area contributed by atoms with Gasteiger partial charge in [0, 0.05) is 43.7 Å². The zero-order chi connectivity index (χ0) is 22.3. The molecule has 0 saturated carbocycles. The summed E-state index contributed by atoms with van der Waals surface area (Å²) in [6.45, 7) is 6.29. The first kappa shape index (κ1) is 22.0. The van der Waals surface area contributed by atoms with Crippen molar-refractivity contribution in [3.8, 4) is 17.1 Å². The first-order valence-corrected chi connectivity index (χ1v) is 11.1. The van der Waals surface area contributed by atoms with Crippen molar-refractivity contribution in [1.29, 1.82) is 0 Å². The number of nitrogens with zero attached hydrogens (tertiary/aromatic N) is 4. The molecule has 2 heterocycles. The fourth-order valence-electron chi connectivity index (χ4n) is 3.97. The summed E-state index contributed by atoms with van der Waals surface area (Å²) >= 11 is 0. The van der Waals surface area contributed by atoms with Crippen molar-refractivity contribution in [2.75, 3.05) is 39.8 Å². The maximum Gasteiger partial charge on any atom is 0.227 e. The number of ether oxygens (including phenoxy) is 1. The van der Waals surface area contributed by atoms with E-state index < -0.39 is 0 Å². The third kappa shape index (κ3) is 5.53. The fraction of sp³-hybridized carbons (Fsp3) is 0.400. The second-order valence-electron chi connectivity index (χ2n) is 8.19. The molecule has 0 N–H and O–H groups in total. The third-order valence-electron chi connectivity index (χ3n) is 5.90. The van der Waals surface area contributed by atoms with Gasteiger partial charge >= 0.3 is 0 Å². The summed E-state index contributed by atoms with van der Waals surface area (Å²) in [4.78, 5) is 21.6. The van der Waals surface area contributed by atoms with Gasteiger partial charge in [0.1, 0.15) is 5.75 Å². The van der Waals surface area contributed by atoms with Crippen LogP contribution in [-0.2, 0) is 17.6 Å². The highest BCUT2D eigenvalue weighted by Crippen LogP contribution is 2.19. The minimum absolute atomic E-state index is 0.156. The number of rotatable bonds is 8. The number of carbonyl (C=O) groups excluding carboxylic acids is 1. The van der Waals surface area contributed by atoms with E-state index in [-0.39, 0.29) is 5.91 Å². The van der Waals surface area contributed by atoms with Gasteiger partial charge < -0.3 is 14.2 Å². The average molecular weight is 435 g/mol. The molecule has 0 unspecified atom stereocenters. The molecule has 0 atom stereocenters. The molecule has 1 aromatic heterocycles. The van der Waals surface area contributed by atoms with E-state index in [1.807, 2.05) is 53.4 Å². The number of hydrogen-bond acceptors (Lipinski definition) is 6. The van der Waals surface area contributed by atoms with E-state index in [2.05, 4.69) is 22.0 Å². The van der Waals surface area contributed by atoms with Crippen LogP contribution in [0.25, 0.3) is 11.4 Å². The summed E-state index contributed by atoms with van der Waals surface area (Å²) < 4.78 is 10.8. The molecule has 3 aromatic rings. The SMILES string of the molecule is COc1ccccc1CC(=O)N1CCN(CCCc2nc(-c3ccc(C)cc3)no2)CC1. The predicted molar refractivity (Wildman–Crippen MR) is 123 cm³/mol. The van der Waals surface area contributed by atoms with Crippen LogP contribution in [0.2, 0.25) is 0 Å². The van der Waals surface area contributed by atoms with E-state index in [4.69, 9.17) is 9.26 Å². The summed E-state index contributed by atoms with van der Waals surface area (Å²) in [5, 5.41) is 4.10. The first-order valence-electron chi connectivity index (χ1n) is 11.1. The molecule has 0 spiro atoms. The van der Waals surface area contributed by atoms with Crippen LogP contribution in [-0.4, -0.2) is 65.7 Å². The van der Waals surface area contributed by atoms with Gasteiger partial charge in [0.25, 0.3) is 0 Å². The molecule has 0 bridgehead atoms. The lowest BCUT2D eigenvalue weighted by atomic mass is 10.1. The topological polar surface area (TPSA) is 71.7 Å². The maximum absolute atomic E-state index is 12.7. The monoisotopic (exact) mass is 434 g/mol. The molecule has 1 amide bonds. The number of para-hydroxylation sites is 1. The van der Waals surface area contributed by atoms with E-state index in [1.165, 1.54) is 5.56 Å². The van der Waals surface area contributed by atoms with Gasteiger partial charge in [0.2, 0.25) is 17.6 Å². The quantitative estimate of drug-likeness (QED) is 0.541. The summed E-state index contributed by atoms with van der Waals surface area (Å²) in [5.41, 5.74) is 3.12. The lowest BCUT2D eigenvalue weighted by Crippen LogP contribution is -2.49. The fourth-order valence-corrected chi connectivity index (χ4v) is 3.97. The number of hydrogen-bond donors (Lipinski definition) is 0. The van der Waals surface area contributed by atoms with Crippen LogP contribution in [0.4, 0.5) is 0 Å². The highest BCUT2D eigenvalue weighted by molar-refractivity contribution is 5.79. The van der Waals surface area contributed by atoms with Crippen molar-refractivity contribution >= 4 is 5.91 Å². The molecule has 1 saturated heterocycles. The molecule has 32 heavy (non-hydrogen) atoms. The van der Waals surface area contributed by atoms with Crippen molar-refractivity contribution in [3.63, 3.8) is 0 Å². The van der Waals surface area contributed by atoms with Gasteiger partial charge in [-0.15, -0.1) is 0 Å². The Morgan fingerprint density at radius 2 is 1.81 bits per heavy atom. The van der Waals surface area contributed by atoms with Gasteiger partial charge in [-0.2, -0.15) is 4.98 Å². The van der Waals surface area contributed by atoms with Crippen LogP contribution in [0.3, 0.4) is 0 Å². The Morgan fingerprint density at radius 1 is 1.06 bits per heavy atom. The molecule has 1 aliphatic heterocycles. The van der Waals surface area contributed by atoms with Crippen LogP contribution in [0.15, 0.2) is 53.1 Å². The average Bonchev–Trinajstić information content (AvgIpc) is 3.29. The van der Waals surface area contributed by atoms with Gasteiger partial charge in [0.05, 0.1) is 13.5 Å². The van der Waals surface area contributed by atoms with E-state index in [9.17, 15) is 4.79 Å². The third-order valence-corrected chi connectivity index (χ3v) is 5.90. The number of carbonyl (C=O) groups is 1. The normalized spacial score (nSPS) is 14.5. The smallest absolute Gasteiger partial charge is 0.227 e. The number of benzene rings is 2. The molecule has 1 fully saturated rings. The number of aryl methyl sites for hydroxylation is 2. The van der Waals surface area contributed by atoms with Gasteiger partial charge in [-0.1, -0.05) is 53.2 Å². The van der Waals surface area contributed by atoms with E-state index in [1.54, 1.807) is 7.11 Å². The standard InChI is InChI=1S/C25H30N4O3/c1-19-9-11-20(12-10-19)25-26-23(32-27-25)8-5-13-28-14-16-29(17-15-28)24(30)18-21-6-3-4-7-22(21)31-2/h3-4,6-7,9-12H,5,8,13-18H2,1-2H3. The van der Waals surface area contributed by atoms with Crippen LogP contribution < -0.4 is 4.74 Å². The molecule has 2 aromatic carbocycles. The van der Waals surface area contributed by atoms with Crippen LogP contribution in [0.1, 0.15) is 23.4 Å². The van der Waals surface area contributed by atoms with Crippen molar-refractivity contribution in [2.24, 2.45) is 0 Å². The van der Waals surface area contributed by atoms with Crippen LogP contribution in [0.5, 0.6) is 5.75 Å². The van der Waals surface area contributed by atoms with Crippen molar-refractivity contribution in [2.45, 2.75) is 26.2 Å². The zero-order valence-electron chi connectivity index (χ0n) is 18.8. The van der Waals surface area contributed by atoms with Crippen molar-refractivity contribution < 1.29 is 14.1 Å². The lowest BCUT2D eigenvalue weighted by Gasteiger charge is -2.34. The zero-order valence-corrected chi connectivity index (χ0v) is 18.8. The van der Waals surface area contributed by atoms with Crippen LogP contribution in [0, 0.1) is 6.92 Å². The first-order chi connectivity index (χ1) is 15.6. The number of methoxy groups -OCH3 is 1. The molecule has 168 valence electrons. The second kappa shape index (κ2) is 10.4. The molecule has 7 nitrogen and oxygen atoms in total. The molecule has 4 rings (SSSR count). The van der Waals surface area contributed by atoms with Gasteiger partial charge in [-0.05, 0) is 26.0 Å². The lowest BCUT2D eigenvalue weighted by molar-refractivity contribution is -0.132. The Labute approximate surface area is 189 Å². The molecule has 0 radical (unpaired) electrons.